The number of nitrogens with zero attached hydrogens (tertiary/aromatic N) is 1. The summed E-state index contributed by atoms with van der Waals surface area (Å²) in [6, 6.07) is 7.47. The number of carbonyl (C=O) groups is 1. The number of rotatable bonds is 6. The van der Waals surface area contributed by atoms with Crippen molar-refractivity contribution < 1.29 is 4.79 Å². The number of thiocarbonyl (C=S) groups is 1. The number of amides is 1. The molecule has 0 aliphatic heterocycles. The Morgan fingerprint density at radius 3 is 2.50 bits per heavy atom. The molecular weight excluding hydrogens is 268 g/mol. The van der Waals surface area contributed by atoms with Gasteiger partial charge in [-0.3, -0.25) is 4.79 Å². The van der Waals surface area contributed by atoms with Crippen molar-refractivity contribution in [2.45, 2.75) is 26.3 Å². The third-order valence-electron chi connectivity index (χ3n) is 2.57. The van der Waals surface area contributed by atoms with Crippen molar-refractivity contribution in [1.29, 1.82) is 0 Å². The first-order valence-corrected chi connectivity index (χ1v) is 6.62. The van der Waals surface area contributed by atoms with Crippen molar-refractivity contribution in [2.24, 2.45) is 5.73 Å². The molecule has 3 nitrogen and oxygen atoms in total. The standard InChI is InChI=1S/C13H17ClN2OS/c1-2-13(17)16(8-7-12(15)18)9-10-3-5-11(14)6-4-10/h3-6H,2,7-9H2,1H3,(H2,15,18). The summed E-state index contributed by atoms with van der Waals surface area (Å²) in [6.45, 7) is 2.97. The average molecular weight is 285 g/mol. The Labute approximate surface area is 118 Å². The fourth-order valence-electron chi connectivity index (χ4n) is 1.57. The first-order chi connectivity index (χ1) is 8.52. The van der Waals surface area contributed by atoms with Gasteiger partial charge in [-0.05, 0) is 17.7 Å². The molecule has 1 amide bonds. The Kier molecular flexibility index (Phi) is 6.09. The van der Waals surface area contributed by atoms with Crippen LogP contribution in [0.5, 0.6) is 0 Å². The highest BCUT2D eigenvalue weighted by molar-refractivity contribution is 7.80. The maximum atomic E-state index is 11.8. The molecule has 98 valence electrons. The van der Waals surface area contributed by atoms with Crippen LogP contribution in [0.25, 0.3) is 0 Å². The molecule has 1 aromatic rings. The van der Waals surface area contributed by atoms with Crippen LogP contribution in [0.3, 0.4) is 0 Å². The highest BCUT2D eigenvalue weighted by Crippen LogP contribution is 2.12. The van der Waals surface area contributed by atoms with Gasteiger partial charge in [-0.1, -0.05) is 42.9 Å². The predicted molar refractivity (Wildman–Crippen MR) is 78.6 cm³/mol. The number of hydrogen-bond donors (Lipinski definition) is 1. The molecule has 0 heterocycles. The molecule has 0 aliphatic carbocycles. The van der Waals surface area contributed by atoms with E-state index in [1.165, 1.54) is 0 Å². The number of carbonyl (C=O) groups excluding carboxylic acids is 1. The van der Waals surface area contributed by atoms with Crippen molar-refractivity contribution in [2.75, 3.05) is 6.54 Å². The molecule has 5 heteroatoms. The van der Waals surface area contributed by atoms with Crippen molar-refractivity contribution in [1.82, 2.24) is 4.90 Å². The normalized spacial score (nSPS) is 10.1. The van der Waals surface area contributed by atoms with E-state index in [4.69, 9.17) is 29.6 Å². The molecule has 0 spiro atoms. The summed E-state index contributed by atoms with van der Waals surface area (Å²) in [4.78, 5) is 14.0. The van der Waals surface area contributed by atoms with Crippen molar-refractivity contribution in [3.05, 3.63) is 34.9 Å². The number of nitrogens with two attached hydrogens (primary N) is 1. The molecule has 2 N–H and O–H groups in total. The maximum Gasteiger partial charge on any atom is 0.222 e. The Hall–Kier alpha value is -1.13. The van der Waals surface area contributed by atoms with Gasteiger partial charge in [-0.15, -0.1) is 0 Å². The summed E-state index contributed by atoms with van der Waals surface area (Å²) in [5.74, 6) is 0.0983. The van der Waals surface area contributed by atoms with Gasteiger partial charge < -0.3 is 10.6 Å². The third kappa shape index (κ3) is 5.02. The predicted octanol–water partition coefficient (Wildman–Crippen LogP) is 2.75. The lowest BCUT2D eigenvalue weighted by atomic mass is 10.2. The molecule has 0 fully saturated rings. The minimum Gasteiger partial charge on any atom is -0.393 e. The largest absolute Gasteiger partial charge is 0.393 e. The summed E-state index contributed by atoms with van der Waals surface area (Å²) < 4.78 is 0. The molecule has 0 atom stereocenters. The Balaban J connectivity index is 2.68. The van der Waals surface area contributed by atoms with Gasteiger partial charge in [0.2, 0.25) is 5.91 Å². The molecule has 0 aliphatic rings. The summed E-state index contributed by atoms with van der Waals surface area (Å²) >= 11 is 10.7. The molecule has 0 radical (unpaired) electrons. The molecule has 1 rings (SSSR count). The number of benzene rings is 1. The molecule has 0 saturated heterocycles. The zero-order valence-corrected chi connectivity index (χ0v) is 11.9. The zero-order chi connectivity index (χ0) is 13.5. The van der Waals surface area contributed by atoms with E-state index in [0.717, 1.165) is 5.56 Å². The van der Waals surface area contributed by atoms with Crippen LogP contribution in [0.2, 0.25) is 5.02 Å². The SMILES string of the molecule is CCC(=O)N(CCC(N)=S)Cc1ccc(Cl)cc1. The summed E-state index contributed by atoms with van der Waals surface area (Å²) in [5.41, 5.74) is 6.52. The van der Waals surface area contributed by atoms with Gasteiger partial charge in [0, 0.05) is 31.0 Å². The van der Waals surface area contributed by atoms with Gasteiger partial charge in [-0.25, -0.2) is 0 Å². The summed E-state index contributed by atoms with van der Waals surface area (Å²) in [7, 11) is 0. The van der Waals surface area contributed by atoms with Crippen LogP contribution in [-0.4, -0.2) is 22.3 Å². The van der Waals surface area contributed by atoms with Gasteiger partial charge in [0.25, 0.3) is 0 Å². The minimum absolute atomic E-state index is 0.0983. The van der Waals surface area contributed by atoms with E-state index in [1.807, 2.05) is 31.2 Å². The van der Waals surface area contributed by atoms with Gasteiger partial charge >= 0.3 is 0 Å². The van der Waals surface area contributed by atoms with Gasteiger partial charge in [0.15, 0.2) is 0 Å². The van der Waals surface area contributed by atoms with E-state index in [9.17, 15) is 4.79 Å². The molecule has 0 saturated carbocycles. The summed E-state index contributed by atoms with van der Waals surface area (Å²) in [6.07, 6.45) is 1.03. The number of hydrogen-bond acceptors (Lipinski definition) is 2. The molecule has 0 aromatic heterocycles. The second kappa shape index (κ2) is 7.34. The van der Waals surface area contributed by atoms with Crippen LogP contribution in [0, 0.1) is 0 Å². The van der Waals surface area contributed by atoms with Crippen LogP contribution >= 0.6 is 23.8 Å². The zero-order valence-electron chi connectivity index (χ0n) is 10.4. The molecular formula is C13H17ClN2OS. The number of halogens is 1. The smallest absolute Gasteiger partial charge is 0.222 e. The molecule has 0 unspecified atom stereocenters. The molecule has 18 heavy (non-hydrogen) atoms. The van der Waals surface area contributed by atoms with E-state index in [0.29, 0.717) is 35.9 Å². The second-order valence-corrected chi connectivity index (χ2v) is 4.97. The van der Waals surface area contributed by atoms with E-state index in [2.05, 4.69) is 0 Å². The van der Waals surface area contributed by atoms with Gasteiger partial charge in [0.1, 0.15) is 0 Å². The fraction of sp³-hybridized carbons (Fsp3) is 0.385. The lowest BCUT2D eigenvalue weighted by Gasteiger charge is -2.22. The topological polar surface area (TPSA) is 46.3 Å². The van der Waals surface area contributed by atoms with Crippen LogP contribution in [0.1, 0.15) is 25.3 Å². The van der Waals surface area contributed by atoms with Crippen molar-refractivity contribution >= 4 is 34.7 Å². The van der Waals surface area contributed by atoms with Crippen molar-refractivity contribution in [3.8, 4) is 0 Å². The van der Waals surface area contributed by atoms with Gasteiger partial charge in [0.05, 0.1) is 4.99 Å². The highest BCUT2D eigenvalue weighted by Gasteiger charge is 2.12. The first kappa shape index (κ1) is 14.9. The first-order valence-electron chi connectivity index (χ1n) is 5.83. The van der Waals surface area contributed by atoms with Crippen molar-refractivity contribution in [3.63, 3.8) is 0 Å². The maximum absolute atomic E-state index is 11.8. The molecule has 1 aromatic carbocycles. The summed E-state index contributed by atoms with van der Waals surface area (Å²) in [5, 5.41) is 0.690. The Bertz CT molecular complexity index is 420. The quantitative estimate of drug-likeness (QED) is 0.817. The third-order valence-corrected chi connectivity index (χ3v) is 3.03. The Morgan fingerprint density at radius 2 is 2.00 bits per heavy atom. The van der Waals surface area contributed by atoms with E-state index in [-0.39, 0.29) is 5.91 Å². The van der Waals surface area contributed by atoms with Crippen LogP contribution in [-0.2, 0) is 11.3 Å². The second-order valence-electron chi connectivity index (χ2n) is 4.01. The van der Waals surface area contributed by atoms with E-state index >= 15 is 0 Å². The highest BCUT2D eigenvalue weighted by atomic mass is 35.5. The van der Waals surface area contributed by atoms with Crippen LogP contribution in [0.15, 0.2) is 24.3 Å². The van der Waals surface area contributed by atoms with Crippen LogP contribution < -0.4 is 5.73 Å². The molecule has 0 bridgehead atoms. The van der Waals surface area contributed by atoms with E-state index in [1.54, 1.807) is 4.90 Å². The van der Waals surface area contributed by atoms with Crippen LogP contribution in [0.4, 0.5) is 0 Å². The lowest BCUT2D eigenvalue weighted by molar-refractivity contribution is -0.131. The minimum atomic E-state index is 0.0983. The Morgan fingerprint density at radius 1 is 1.39 bits per heavy atom. The fourth-order valence-corrected chi connectivity index (χ4v) is 1.79. The average Bonchev–Trinajstić information content (AvgIpc) is 2.35. The monoisotopic (exact) mass is 284 g/mol. The van der Waals surface area contributed by atoms with Gasteiger partial charge in [-0.2, -0.15) is 0 Å². The lowest BCUT2D eigenvalue weighted by Crippen LogP contribution is -2.32. The van der Waals surface area contributed by atoms with E-state index < -0.39 is 0 Å².